The van der Waals surface area contributed by atoms with Crippen LogP contribution in [0.1, 0.15) is 79.1 Å². The molecule has 0 radical (unpaired) electrons. The SMILES string of the molecule is CCC1(C)CC(=O)N(CCCCCC(=O)NCCCNC(N)=O)C1=O.CSC/C(=C/C(=N)OCCCOc1cc(F)ccc1-c1cc(N)ncc1F)C(C)C. The first-order valence-corrected chi connectivity index (χ1v) is 19.9. The lowest BCUT2D eigenvalue weighted by atomic mass is 9.86. The van der Waals surface area contributed by atoms with Crippen LogP contribution in [0.5, 0.6) is 5.75 Å². The number of pyridine rings is 1. The summed E-state index contributed by atoms with van der Waals surface area (Å²) in [5, 5.41) is 13.2. The van der Waals surface area contributed by atoms with Crippen molar-refractivity contribution >= 4 is 47.2 Å². The number of imide groups is 1. The number of carbonyl (C=O) groups is 4. The molecule has 1 fully saturated rings. The summed E-state index contributed by atoms with van der Waals surface area (Å²) >= 11 is 1.70. The molecule has 16 heteroatoms. The van der Waals surface area contributed by atoms with Gasteiger partial charge in [-0.25, -0.2) is 18.6 Å². The van der Waals surface area contributed by atoms with Crippen molar-refractivity contribution in [1.82, 2.24) is 20.5 Å². The number of hydrogen-bond acceptors (Lipinski definition) is 10. The van der Waals surface area contributed by atoms with Crippen molar-refractivity contribution in [3.8, 4) is 16.9 Å². The first-order valence-electron chi connectivity index (χ1n) is 18.5. The number of unbranched alkanes of at least 4 members (excludes halogenated alkanes) is 2. The number of amides is 5. The molecular weight excluding hydrogens is 733 g/mol. The van der Waals surface area contributed by atoms with Crippen molar-refractivity contribution in [3.05, 3.63) is 53.7 Å². The zero-order chi connectivity index (χ0) is 41.0. The van der Waals surface area contributed by atoms with Crippen LogP contribution in [0.15, 0.2) is 42.1 Å². The summed E-state index contributed by atoms with van der Waals surface area (Å²) in [4.78, 5) is 51.4. The lowest BCUT2D eigenvalue weighted by Crippen LogP contribution is -2.34. The second-order valence-corrected chi connectivity index (χ2v) is 14.6. The molecule has 1 aliphatic rings. The van der Waals surface area contributed by atoms with E-state index in [4.69, 9.17) is 26.4 Å². The van der Waals surface area contributed by atoms with Gasteiger partial charge in [0.05, 0.1) is 24.8 Å². The van der Waals surface area contributed by atoms with E-state index in [1.165, 1.54) is 29.2 Å². The van der Waals surface area contributed by atoms with Gasteiger partial charge in [0.2, 0.25) is 23.6 Å². The molecule has 55 heavy (non-hydrogen) atoms. The number of nitrogens with zero attached hydrogens (tertiary/aromatic N) is 2. The van der Waals surface area contributed by atoms with Gasteiger partial charge in [0, 0.05) is 61.8 Å². The Kier molecular flexibility index (Phi) is 20.2. The fourth-order valence-electron chi connectivity index (χ4n) is 5.47. The summed E-state index contributed by atoms with van der Waals surface area (Å²) in [5.74, 6) is 0.410. The molecule has 1 unspecified atom stereocenters. The third-order valence-corrected chi connectivity index (χ3v) is 9.55. The molecule has 1 saturated heterocycles. The molecule has 7 N–H and O–H groups in total. The van der Waals surface area contributed by atoms with Crippen LogP contribution in [0.25, 0.3) is 11.1 Å². The Balaban J connectivity index is 0.000000387. The van der Waals surface area contributed by atoms with E-state index < -0.39 is 23.1 Å². The molecule has 1 aromatic heterocycles. The minimum Gasteiger partial charge on any atom is -0.493 e. The van der Waals surface area contributed by atoms with Gasteiger partial charge < -0.3 is 31.6 Å². The number of rotatable bonds is 21. The van der Waals surface area contributed by atoms with E-state index in [2.05, 4.69) is 29.5 Å². The third-order valence-electron chi connectivity index (χ3n) is 8.93. The highest BCUT2D eigenvalue weighted by molar-refractivity contribution is 7.98. The number of nitrogen functional groups attached to an aromatic ring is 1. The molecule has 0 spiro atoms. The molecule has 304 valence electrons. The van der Waals surface area contributed by atoms with Crippen molar-refractivity contribution in [2.24, 2.45) is 17.1 Å². The van der Waals surface area contributed by atoms with Gasteiger partial charge in [-0.2, -0.15) is 11.8 Å². The summed E-state index contributed by atoms with van der Waals surface area (Å²) in [7, 11) is 0. The molecule has 0 saturated carbocycles. The Morgan fingerprint density at radius 1 is 1.07 bits per heavy atom. The fourth-order valence-corrected chi connectivity index (χ4v) is 6.22. The number of aromatic nitrogens is 1. The summed E-state index contributed by atoms with van der Waals surface area (Å²) in [6.45, 7) is 9.80. The zero-order valence-electron chi connectivity index (χ0n) is 32.6. The lowest BCUT2D eigenvalue weighted by Gasteiger charge is -2.20. The maximum Gasteiger partial charge on any atom is 0.312 e. The average Bonchev–Trinajstić information content (AvgIpc) is 3.35. The van der Waals surface area contributed by atoms with Crippen molar-refractivity contribution in [2.45, 2.75) is 79.1 Å². The number of benzene rings is 1. The van der Waals surface area contributed by atoms with Crippen LogP contribution in [0.2, 0.25) is 0 Å². The Morgan fingerprint density at radius 2 is 1.80 bits per heavy atom. The van der Waals surface area contributed by atoms with E-state index in [1.54, 1.807) is 17.8 Å². The smallest absolute Gasteiger partial charge is 0.312 e. The van der Waals surface area contributed by atoms with Crippen LogP contribution in [0.4, 0.5) is 19.4 Å². The quantitative estimate of drug-likeness (QED) is 0.0422. The van der Waals surface area contributed by atoms with Crippen LogP contribution in [0.3, 0.4) is 0 Å². The number of nitrogens with one attached hydrogen (secondary N) is 3. The molecule has 0 aliphatic carbocycles. The number of halogens is 2. The van der Waals surface area contributed by atoms with Gasteiger partial charge in [-0.3, -0.25) is 24.7 Å². The Morgan fingerprint density at radius 3 is 2.45 bits per heavy atom. The van der Waals surface area contributed by atoms with Gasteiger partial charge in [0.15, 0.2) is 0 Å². The van der Waals surface area contributed by atoms with Crippen LogP contribution >= 0.6 is 11.8 Å². The molecule has 1 atom stereocenters. The minimum atomic E-state index is -0.574. The molecular formula is C39H57F2N7O6S. The maximum absolute atomic E-state index is 14.2. The standard InChI is InChI=1S/C22H27F2N3O2S.C17H30N4O4/c1-14(2)15(13-30-3)9-22(26)29-8-4-7-28-20-10-16(23)5-6-17(20)18-11-21(25)27-12-19(18)24;1-3-17(2)12-14(23)21(15(17)24)11-6-4-5-8-13(22)19-9-7-10-20-16(18)25/h5-6,9-12,14,26H,4,7-8,13H2,1-3H3,(H2,25,27);3-12H2,1-2H3,(H,19,22)(H3,18,20,25)/b15-9-,26-22?;. The number of hydrogen-bond donors (Lipinski definition) is 5. The van der Waals surface area contributed by atoms with Gasteiger partial charge in [0.25, 0.3) is 0 Å². The van der Waals surface area contributed by atoms with E-state index in [0.717, 1.165) is 23.9 Å². The topological polar surface area (TPSA) is 203 Å². The first-order chi connectivity index (χ1) is 26.1. The van der Waals surface area contributed by atoms with Crippen molar-refractivity contribution < 1.29 is 37.4 Å². The van der Waals surface area contributed by atoms with Gasteiger partial charge >= 0.3 is 6.03 Å². The molecule has 2 aromatic rings. The lowest BCUT2D eigenvalue weighted by molar-refractivity contribution is -0.141. The van der Waals surface area contributed by atoms with Crippen LogP contribution < -0.4 is 26.8 Å². The fraction of sp³-hybridized carbons (Fsp3) is 0.538. The summed E-state index contributed by atoms with van der Waals surface area (Å²) in [5.41, 5.74) is 11.8. The molecule has 0 bridgehead atoms. The van der Waals surface area contributed by atoms with E-state index >= 15 is 0 Å². The number of carbonyl (C=O) groups excluding carboxylic acids is 4. The monoisotopic (exact) mass is 789 g/mol. The number of primary amides is 1. The Labute approximate surface area is 327 Å². The minimum absolute atomic E-state index is 0.0361. The molecule has 5 amide bonds. The second-order valence-electron chi connectivity index (χ2n) is 13.7. The highest BCUT2D eigenvalue weighted by Gasteiger charge is 2.46. The van der Waals surface area contributed by atoms with Crippen molar-refractivity contribution in [2.75, 3.05) is 50.6 Å². The van der Waals surface area contributed by atoms with E-state index in [9.17, 15) is 28.0 Å². The predicted molar refractivity (Wildman–Crippen MR) is 213 cm³/mol. The third kappa shape index (κ3) is 16.3. The predicted octanol–water partition coefficient (Wildman–Crippen LogP) is 6.21. The van der Waals surface area contributed by atoms with E-state index in [0.29, 0.717) is 76.1 Å². The molecule has 1 aromatic carbocycles. The summed E-state index contributed by atoms with van der Waals surface area (Å²) in [6, 6.07) is 4.69. The van der Waals surface area contributed by atoms with Gasteiger partial charge in [-0.15, -0.1) is 0 Å². The number of ether oxygens (including phenoxy) is 2. The zero-order valence-corrected chi connectivity index (χ0v) is 33.4. The largest absolute Gasteiger partial charge is 0.493 e. The average molecular weight is 790 g/mol. The number of urea groups is 1. The first kappa shape index (κ1) is 46.4. The van der Waals surface area contributed by atoms with Crippen molar-refractivity contribution in [1.29, 1.82) is 5.41 Å². The highest BCUT2D eigenvalue weighted by atomic mass is 32.2. The van der Waals surface area contributed by atoms with Gasteiger partial charge in [0.1, 0.15) is 23.2 Å². The summed E-state index contributed by atoms with van der Waals surface area (Å²) in [6.07, 6.45) is 9.50. The van der Waals surface area contributed by atoms with Gasteiger partial charge in [-0.05, 0) is 62.1 Å². The highest BCUT2D eigenvalue weighted by Crippen LogP contribution is 2.36. The number of nitrogens with two attached hydrogens (primary N) is 2. The Bertz CT molecular complexity index is 1640. The molecule has 13 nitrogen and oxygen atoms in total. The van der Waals surface area contributed by atoms with Crippen LogP contribution in [-0.2, 0) is 19.1 Å². The van der Waals surface area contributed by atoms with Crippen molar-refractivity contribution in [3.63, 3.8) is 0 Å². The van der Waals surface area contributed by atoms with Crippen LogP contribution in [-0.4, -0.2) is 84.4 Å². The van der Waals surface area contributed by atoms with Gasteiger partial charge in [-0.1, -0.05) is 39.7 Å². The molecule has 3 rings (SSSR count). The Hall–Kier alpha value is -4.73. The second kappa shape index (κ2) is 23.9. The number of anilines is 1. The number of likely N-dealkylation sites (tertiary alicyclic amines) is 1. The summed E-state index contributed by atoms with van der Waals surface area (Å²) < 4.78 is 39.0. The normalized spacial score (nSPS) is 15.4. The van der Waals surface area contributed by atoms with Crippen LogP contribution in [0, 0.1) is 28.4 Å². The van der Waals surface area contributed by atoms with E-state index in [-0.39, 0.29) is 54.0 Å². The number of thioether (sulfide) groups is 1. The van der Waals surface area contributed by atoms with E-state index in [1.807, 2.05) is 20.1 Å². The molecule has 2 heterocycles. The molecule has 1 aliphatic heterocycles. The maximum atomic E-state index is 14.2.